The van der Waals surface area contributed by atoms with Gasteiger partial charge < -0.3 is 15.8 Å². The van der Waals surface area contributed by atoms with Crippen molar-refractivity contribution in [1.29, 1.82) is 0 Å². The van der Waals surface area contributed by atoms with Gasteiger partial charge in [-0.15, -0.1) is 12.4 Å². The van der Waals surface area contributed by atoms with Crippen LogP contribution in [0.5, 0.6) is 0 Å². The lowest BCUT2D eigenvalue weighted by Gasteiger charge is -2.08. The van der Waals surface area contributed by atoms with Crippen LogP contribution in [0.1, 0.15) is 24.0 Å². The van der Waals surface area contributed by atoms with Crippen molar-refractivity contribution >= 4 is 35.7 Å². The number of nitrogen functional groups attached to an aromatic ring is 1. The van der Waals surface area contributed by atoms with Gasteiger partial charge in [-0.2, -0.15) is 0 Å². The van der Waals surface area contributed by atoms with Gasteiger partial charge in [0, 0.05) is 24.2 Å². The number of benzene rings is 2. The SMILES string of the molecule is COC(=O)CCc1ccc(NC(=O)CCc2ccccc2N)cc1.Cl. The maximum atomic E-state index is 12.0. The van der Waals surface area contributed by atoms with Crippen LogP contribution in [0.15, 0.2) is 48.5 Å². The van der Waals surface area contributed by atoms with E-state index in [0.717, 1.165) is 16.8 Å². The standard InChI is InChI=1S/C19H22N2O3.ClH/c1-24-19(23)13-8-14-6-10-16(11-7-14)21-18(22)12-9-15-4-2-3-5-17(15)20;/h2-7,10-11H,8-9,12-13,20H2,1H3,(H,21,22);1H. The van der Waals surface area contributed by atoms with Gasteiger partial charge in [-0.25, -0.2) is 0 Å². The van der Waals surface area contributed by atoms with E-state index in [0.29, 0.717) is 31.4 Å². The molecule has 0 heterocycles. The van der Waals surface area contributed by atoms with Crippen LogP contribution in [-0.4, -0.2) is 19.0 Å². The van der Waals surface area contributed by atoms with Crippen molar-refractivity contribution in [3.05, 3.63) is 59.7 Å². The van der Waals surface area contributed by atoms with Crippen LogP contribution in [0.4, 0.5) is 11.4 Å². The lowest BCUT2D eigenvalue weighted by Crippen LogP contribution is -2.12. The van der Waals surface area contributed by atoms with Crippen molar-refractivity contribution in [2.45, 2.75) is 25.7 Å². The maximum Gasteiger partial charge on any atom is 0.305 e. The van der Waals surface area contributed by atoms with Crippen LogP contribution >= 0.6 is 12.4 Å². The minimum Gasteiger partial charge on any atom is -0.469 e. The number of ether oxygens (including phenoxy) is 1. The number of carbonyl (C=O) groups excluding carboxylic acids is 2. The molecule has 0 aliphatic carbocycles. The topological polar surface area (TPSA) is 81.4 Å². The normalized spacial score (nSPS) is 9.80. The van der Waals surface area contributed by atoms with Crippen LogP contribution in [-0.2, 0) is 27.2 Å². The summed E-state index contributed by atoms with van der Waals surface area (Å²) >= 11 is 0. The quantitative estimate of drug-likeness (QED) is 0.584. The molecule has 0 radical (unpaired) electrons. The summed E-state index contributed by atoms with van der Waals surface area (Å²) in [4.78, 5) is 23.1. The van der Waals surface area contributed by atoms with Gasteiger partial charge in [-0.3, -0.25) is 9.59 Å². The monoisotopic (exact) mass is 362 g/mol. The predicted octanol–water partition coefficient (Wildman–Crippen LogP) is 3.37. The van der Waals surface area contributed by atoms with Gasteiger partial charge in [0.25, 0.3) is 0 Å². The molecule has 25 heavy (non-hydrogen) atoms. The third kappa shape index (κ3) is 6.85. The highest BCUT2D eigenvalue weighted by molar-refractivity contribution is 5.90. The zero-order valence-corrected chi connectivity index (χ0v) is 15.0. The van der Waals surface area contributed by atoms with E-state index >= 15 is 0 Å². The number of hydrogen-bond acceptors (Lipinski definition) is 4. The first-order valence-corrected chi connectivity index (χ1v) is 7.87. The highest BCUT2D eigenvalue weighted by Crippen LogP contribution is 2.15. The van der Waals surface area contributed by atoms with Gasteiger partial charge in [0.15, 0.2) is 0 Å². The Hall–Kier alpha value is -2.53. The third-order valence-corrected chi connectivity index (χ3v) is 3.76. The number of aryl methyl sites for hydroxylation is 2. The fourth-order valence-corrected chi connectivity index (χ4v) is 2.34. The summed E-state index contributed by atoms with van der Waals surface area (Å²) in [5, 5.41) is 2.86. The first-order chi connectivity index (χ1) is 11.6. The molecule has 134 valence electrons. The van der Waals surface area contributed by atoms with E-state index in [1.54, 1.807) is 0 Å². The zero-order chi connectivity index (χ0) is 17.4. The van der Waals surface area contributed by atoms with Crippen LogP contribution in [0.2, 0.25) is 0 Å². The molecule has 0 spiro atoms. The first-order valence-electron chi connectivity index (χ1n) is 7.87. The number of halogens is 1. The van der Waals surface area contributed by atoms with Crippen molar-refractivity contribution in [3.63, 3.8) is 0 Å². The molecule has 0 atom stereocenters. The molecule has 3 N–H and O–H groups in total. The number of anilines is 2. The van der Waals surface area contributed by atoms with E-state index < -0.39 is 0 Å². The molecule has 2 rings (SSSR count). The number of esters is 1. The second-order valence-electron chi connectivity index (χ2n) is 5.52. The third-order valence-electron chi connectivity index (χ3n) is 3.76. The van der Waals surface area contributed by atoms with Crippen molar-refractivity contribution in [3.8, 4) is 0 Å². The molecule has 0 saturated carbocycles. The number of para-hydroxylation sites is 1. The van der Waals surface area contributed by atoms with E-state index in [1.807, 2.05) is 48.5 Å². The van der Waals surface area contributed by atoms with E-state index in [4.69, 9.17) is 5.73 Å². The van der Waals surface area contributed by atoms with E-state index in [-0.39, 0.29) is 24.3 Å². The van der Waals surface area contributed by atoms with Crippen LogP contribution in [0.3, 0.4) is 0 Å². The Labute approximate surface area is 154 Å². The Morgan fingerprint density at radius 3 is 2.32 bits per heavy atom. The maximum absolute atomic E-state index is 12.0. The number of nitrogens with two attached hydrogens (primary N) is 1. The van der Waals surface area contributed by atoms with Gasteiger partial charge in [0.1, 0.15) is 0 Å². The lowest BCUT2D eigenvalue weighted by molar-refractivity contribution is -0.140. The van der Waals surface area contributed by atoms with E-state index in [2.05, 4.69) is 10.1 Å². The average Bonchev–Trinajstić information content (AvgIpc) is 2.60. The summed E-state index contributed by atoms with van der Waals surface area (Å²) in [5.41, 5.74) is 9.32. The van der Waals surface area contributed by atoms with Gasteiger partial charge >= 0.3 is 5.97 Å². The Balaban J connectivity index is 0.00000312. The van der Waals surface area contributed by atoms with Crippen molar-refractivity contribution in [1.82, 2.24) is 0 Å². The Morgan fingerprint density at radius 1 is 1.00 bits per heavy atom. The number of methoxy groups -OCH3 is 1. The van der Waals surface area contributed by atoms with Gasteiger partial charge in [-0.05, 0) is 42.2 Å². The molecule has 0 aliphatic rings. The predicted molar refractivity (Wildman–Crippen MR) is 102 cm³/mol. The van der Waals surface area contributed by atoms with Crippen molar-refractivity contribution in [2.24, 2.45) is 0 Å². The number of amides is 1. The molecule has 6 heteroatoms. The molecule has 1 amide bonds. The second-order valence-corrected chi connectivity index (χ2v) is 5.52. The molecule has 0 unspecified atom stereocenters. The first kappa shape index (κ1) is 20.5. The summed E-state index contributed by atoms with van der Waals surface area (Å²) < 4.78 is 4.62. The molecule has 0 bridgehead atoms. The van der Waals surface area contributed by atoms with Gasteiger partial charge in [-0.1, -0.05) is 30.3 Å². The number of hydrogen-bond donors (Lipinski definition) is 2. The summed E-state index contributed by atoms with van der Waals surface area (Å²) in [6.07, 6.45) is 1.95. The van der Waals surface area contributed by atoms with E-state index in [9.17, 15) is 9.59 Å². The smallest absolute Gasteiger partial charge is 0.305 e. The number of nitrogens with one attached hydrogen (secondary N) is 1. The van der Waals surface area contributed by atoms with Crippen LogP contribution in [0, 0.1) is 0 Å². The minimum absolute atomic E-state index is 0. The molecule has 0 fully saturated rings. The van der Waals surface area contributed by atoms with Crippen molar-refractivity contribution < 1.29 is 14.3 Å². The Morgan fingerprint density at radius 2 is 1.68 bits per heavy atom. The zero-order valence-electron chi connectivity index (χ0n) is 14.2. The molecule has 5 nitrogen and oxygen atoms in total. The summed E-state index contributed by atoms with van der Waals surface area (Å²) in [6, 6.07) is 15.0. The van der Waals surface area contributed by atoms with Crippen LogP contribution in [0.25, 0.3) is 0 Å². The highest BCUT2D eigenvalue weighted by Gasteiger charge is 2.06. The molecule has 0 aliphatic heterocycles. The second kappa shape index (κ2) is 10.4. The minimum atomic E-state index is -0.229. The van der Waals surface area contributed by atoms with E-state index in [1.165, 1.54) is 7.11 Å². The molecule has 2 aromatic rings. The molecular formula is C19H23ClN2O3. The summed E-state index contributed by atoms with van der Waals surface area (Å²) in [5.74, 6) is -0.284. The number of carbonyl (C=O) groups is 2. The summed E-state index contributed by atoms with van der Waals surface area (Å²) in [7, 11) is 1.38. The molecule has 2 aromatic carbocycles. The number of rotatable bonds is 7. The van der Waals surface area contributed by atoms with Crippen molar-refractivity contribution in [2.75, 3.05) is 18.2 Å². The lowest BCUT2D eigenvalue weighted by atomic mass is 10.1. The Kier molecular flexibility index (Phi) is 8.50. The molecule has 0 saturated heterocycles. The molecule has 0 aromatic heterocycles. The van der Waals surface area contributed by atoms with Crippen LogP contribution < -0.4 is 11.1 Å². The average molecular weight is 363 g/mol. The fraction of sp³-hybridized carbons (Fsp3) is 0.263. The van der Waals surface area contributed by atoms with Gasteiger partial charge in [0.2, 0.25) is 5.91 Å². The molecular weight excluding hydrogens is 340 g/mol. The summed E-state index contributed by atoms with van der Waals surface area (Å²) in [6.45, 7) is 0. The highest BCUT2D eigenvalue weighted by atomic mass is 35.5. The Bertz CT molecular complexity index is 702. The largest absolute Gasteiger partial charge is 0.469 e. The fourth-order valence-electron chi connectivity index (χ4n) is 2.34. The van der Waals surface area contributed by atoms with Gasteiger partial charge in [0.05, 0.1) is 7.11 Å².